The summed E-state index contributed by atoms with van der Waals surface area (Å²) in [5.74, 6) is -0.153. The van der Waals surface area contributed by atoms with Crippen LogP contribution in [0.15, 0.2) is 34.8 Å². The number of hydrogen-bond donors (Lipinski definition) is 3. The number of thioether (sulfide) groups is 2. The number of nitrogens with zero attached hydrogens (tertiary/aromatic N) is 8. The van der Waals surface area contributed by atoms with Gasteiger partial charge in [0.1, 0.15) is 51.2 Å². The molecule has 20 heteroatoms. The van der Waals surface area contributed by atoms with Gasteiger partial charge >= 0.3 is 0 Å². The van der Waals surface area contributed by atoms with Crippen LogP contribution in [0.25, 0.3) is 41.6 Å². The lowest BCUT2D eigenvalue weighted by Crippen LogP contribution is -2.35. The summed E-state index contributed by atoms with van der Waals surface area (Å²) >= 11 is 6.21. The molecule has 338 valence electrons. The van der Waals surface area contributed by atoms with E-state index in [0.717, 1.165) is 82.9 Å². The second kappa shape index (κ2) is 17.7. The van der Waals surface area contributed by atoms with Crippen molar-refractivity contribution in [2.24, 2.45) is 11.8 Å². The molecule has 64 heavy (non-hydrogen) atoms. The van der Waals surface area contributed by atoms with E-state index in [0.29, 0.717) is 22.6 Å². The highest BCUT2D eigenvalue weighted by atomic mass is 32.2. The van der Waals surface area contributed by atoms with Gasteiger partial charge in [0.25, 0.3) is 0 Å². The minimum absolute atomic E-state index is 0.0156. The first kappa shape index (κ1) is 45.2. The second-order valence-corrected chi connectivity index (χ2v) is 21.0. The van der Waals surface area contributed by atoms with Crippen molar-refractivity contribution in [3.05, 3.63) is 47.3 Å². The third kappa shape index (κ3) is 8.61. The monoisotopic (exact) mass is 944 g/mol. The van der Waals surface area contributed by atoms with Crippen LogP contribution >= 0.6 is 46.2 Å². The molecule has 2 aliphatic heterocycles. The van der Waals surface area contributed by atoms with Gasteiger partial charge in [-0.25, -0.2) is 29.9 Å². The number of pyridine rings is 2. The Kier molecular flexibility index (Phi) is 12.5. The molecule has 4 fully saturated rings. The van der Waals surface area contributed by atoms with Crippen LogP contribution in [0.2, 0.25) is 0 Å². The van der Waals surface area contributed by atoms with Crippen molar-refractivity contribution in [1.29, 1.82) is 0 Å². The van der Waals surface area contributed by atoms with Gasteiger partial charge in [-0.2, -0.15) is 0 Å². The van der Waals surface area contributed by atoms with E-state index in [1.54, 1.807) is 28.9 Å². The highest BCUT2D eigenvalue weighted by molar-refractivity contribution is 7.98. The normalized spacial score (nSPS) is 26.5. The van der Waals surface area contributed by atoms with Gasteiger partial charge in [-0.15, -0.1) is 22.7 Å². The fourth-order valence-electron chi connectivity index (χ4n) is 9.23. The number of carbonyl (C=O) groups is 1. The summed E-state index contributed by atoms with van der Waals surface area (Å²) in [6.07, 6.45) is 9.07. The standard InChI is InChI=1S/C22H27N5O3S2.C22H25N5O3S2/c2*1-10-15(20-26-16-11(2)23-7-6-14(16)32-20)19(27-21(24-10)31-5)25-13-8-12(9-28)17-18(13)30-22(3,4)29-17/h6-7,12-13,17-18,28H,8-9H2,1-5H3,(H,24,25,27);6-7,9,12-13,17-18H,8H2,1-5H3,(H,24,25,27)/t2*12-,13-,17-,18+/m11/s1. The number of thiazole rings is 2. The number of fused-ring (bicyclic) bond motifs is 4. The van der Waals surface area contributed by atoms with E-state index >= 15 is 0 Å². The number of aliphatic hydroxyl groups excluding tert-OH is 1. The van der Waals surface area contributed by atoms with Crippen LogP contribution < -0.4 is 10.6 Å². The molecule has 0 spiro atoms. The molecule has 4 aliphatic rings. The van der Waals surface area contributed by atoms with Crippen LogP contribution in [0.5, 0.6) is 0 Å². The van der Waals surface area contributed by atoms with Gasteiger partial charge in [-0.1, -0.05) is 23.5 Å². The molecule has 10 rings (SSSR count). The number of aldehydes is 1. The predicted octanol–water partition coefficient (Wildman–Crippen LogP) is 7.81. The van der Waals surface area contributed by atoms with Gasteiger partial charge in [0.05, 0.1) is 67.6 Å². The molecule has 2 saturated carbocycles. The average molecular weight is 945 g/mol. The summed E-state index contributed by atoms with van der Waals surface area (Å²) in [6.45, 7) is 15.6. The first-order valence-electron chi connectivity index (χ1n) is 21.2. The third-order valence-electron chi connectivity index (χ3n) is 12.1. The number of carbonyl (C=O) groups excluding carboxylic acids is 1. The molecule has 16 nitrogen and oxygen atoms in total. The molecular formula is C44H52N10O6S4. The maximum atomic E-state index is 11.7. The van der Waals surface area contributed by atoms with Crippen molar-refractivity contribution < 1.29 is 28.8 Å². The van der Waals surface area contributed by atoms with Gasteiger partial charge in [-0.3, -0.25) is 9.97 Å². The summed E-state index contributed by atoms with van der Waals surface area (Å²) in [7, 11) is 0. The fraction of sp³-hybridized carbons (Fsp3) is 0.523. The van der Waals surface area contributed by atoms with Crippen LogP contribution in [0.4, 0.5) is 11.6 Å². The maximum Gasteiger partial charge on any atom is 0.189 e. The van der Waals surface area contributed by atoms with Crippen molar-refractivity contribution in [2.75, 3.05) is 29.8 Å². The fourth-order valence-corrected chi connectivity index (χ4v) is 12.3. The van der Waals surface area contributed by atoms with Gasteiger partial charge in [0.2, 0.25) is 0 Å². The summed E-state index contributed by atoms with van der Waals surface area (Å²) in [6, 6.07) is 3.81. The zero-order chi connectivity index (χ0) is 45.2. The number of anilines is 2. The molecule has 8 heterocycles. The van der Waals surface area contributed by atoms with Gasteiger partial charge in [0.15, 0.2) is 21.9 Å². The van der Waals surface area contributed by atoms with Crippen LogP contribution in [0, 0.1) is 39.5 Å². The number of aryl methyl sites for hydroxylation is 4. The quantitative estimate of drug-likeness (QED) is 0.0681. The van der Waals surface area contributed by atoms with Crippen molar-refractivity contribution in [3.63, 3.8) is 0 Å². The molecule has 3 N–H and O–H groups in total. The summed E-state index contributed by atoms with van der Waals surface area (Å²) in [5.41, 5.74) is 7.08. The molecule has 2 aliphatic carbocycles. The average Bonchev–Trinajstić information content (AvgIpc) is 4.10. The Hall–Kier alpha value is -3.99. The van der Waals surface area contributed by atoms with E-state index in [2.05, 4.69) is 30.6 Å². The van der Waals surface area contributed by atoms with Crippen LogP contribution in [-0.4, -0.2) is 118 Å². The zero-order valence-electron chi connectivity index (χ0n) is 37.3. The smallest absolute Gasteiger partial charge is 0.189 e. The highest BCUT2D eigenvalue weighted by Gasteiger charge is 2.55. The second-order valence-electron chi connectivity index (χ2n) is 17.4. The molecule has 0 aromatic carbocycles. The largest absolute Gasteiger partial charge is 0.396 e. The number of ether oxygens (including phenoxy) is 4. The Morgan fingerprint density at radius 2 is 1.12 bits per heavy atom. The van der Waals surface area contributed by atoms with E-state index in [1.807, 2.05) is 86.2 Å². The summed E-state index contributed by atoms with van der Waals surface area (Å²) < 4.78 is 26.7. The lowest BCUT2D eigenvalue weighted by molar-refractivity contribution is -0.158. The van der Waals surface area contributed by atoms with E-state index in [9.17, 15) is 9.90 Å². The van der Waals surface area contributed by atoms with Crippen LogP contribution in [-0.2, 0) is 23.7 Å². The molecule has 6 aromatic heterocycles. The molecule has 2 saturated heterocycles. The molecule has 0 amide bonds. The SMILES string of the molecule is CSc1nc(C)c(-c2nc3c(C)nccc3s2)c(N[C@@H]2C[C@H](C=O)[C@H]3OC(C)(C)O[C@H]32)n1.CSc1nc(C)c(-c2nc3c(C)nccc3s2)c(N[C@@H]2C[C@H](CO)[C@H]3OC(C)(C)O[C@H]32)n1. The van der Waals surface area contributed by atoms with E-state index in [4.69, 9.17) is 38.9 Å². The highest BCUT2D eigenvalue weighted by Crippen LogP contribution is 2.46. The van der Waals surface area contributed by atoms with Crippen molar-refractivity contribution in [2.45, 2.75) is 127 Å². The van der Waals surface area contributed by atoms with Crippen molar-refractivity contribution in [3.8, 4) is 21.1 Å². The van der Waals surface area contributed by atoms with Crippen LogP contribution in [0.3, 0.4) is 0 Å². The topological polar surface area (TPSA) is 201 Å². The lowest BCUT2D eigenvalue weighted by Gasteiger charge is -2.24. The Morgan fingerprint density at radius 3 is 1.58 bits per heavy atom. The number of hydrogen-bond acceptors (Lipinski definition) is 20. The number of aliphatic hydroxyl groups is 1. The minimum Gasteiger partial charge on any atom is -0.396 e. The van der Waals surface area contributed by atoms with Gasteiger partial charge < -0.3 is 39.5 Å². The van der Waals surface area contributed by atoms with Crippen LogP contribution in [0.1, 0.15) is 63.3 Å². The zero-order valence-corrected chi connectivity index (χ0v) is 40.6. The van der Waals surface area contributed by atoms with Crippen molar-refractivity contribution >= 4 is 84.6 Å². The van der Waals surface area contributed by atoms with Gasteiger partial charge in [-0.05, 0) is 92.9 Å². The molecular weight excluding hydrogens is 893 g/mol. The van der Waals surface area contributed by atoms with E-state index in [1.165, 1.54) is 23.5 Å². The molecule has 6 aromatic rings. The van der Waals surface area contributed by atoms with E-state index in [-0.39, 0.29) is 54.9 Å². The molecule has 0 bridgehead atoms. The first-order valence-corrected chi connectivity index (χ1v) is 25.3. The molecule has 0 unspecified atom stereocenters. The predicted molar refractivity (Wildman–Crippen MR) is 251 cm³/mol. The first-order chi connectivity index (χ1) is 30.6. The molecule has 0 radical (unpaired) electrons. The maximum absolute atomic E-state index is 11.7. The van der Waals surface area contributed by atoms with Crippen molar-refractivity contribution in [1.82, 2.24) is 39.9 Å². The Balaban J connectivity index is 0.000000162. The number of rotatable bonds is 10. The van der Waals surface area contributed by atoms with Gasteiger partial charge in [0, 0.05) is 30.8 Å². The Labute approximate surface area is 388 Å². The molecule has 8 atom stereocenters. The Bertz CT molecular complexity index is 2730. The van der Waals surface area contributed by atoms with E-state index < -0.39 is 11.6 Å². The number of nitrogens with one attached hydrogen (secondary N) is 2. The third-order valence-corrected chi connectivity index (χ3v) is 15.2. The summed E-state index contributed by atoms with van der Waals surface area (Å²) in [5, 5.41) is 20.2. The lowest BCUT2D eigenvalue weighted by atomic mass is 10.1. The minimum atomic E-state index is -0.719. The summed E-state index contributed by atoms with van der Waals surface area (Å²) in [4.78, 5) is 49.2. The number of aromatic nitrogens is 8. The Morgan fingerprint density at radius 1 is 0.672 bits per heavy atom.